The fourth-order valence-corrected chi connectivity index (χ4v) is 2.87. The predicted octanol–water partition coefficient (Wildman–Crippen LogP) is 3.25. The van der Waals surface area contributed by atoms with E-state index >= 15 is 0 Å². The third-order valence-electron chi connectivity index (χ3n) is 4.26. The molecule has 1 atom stereocenters. The molecule has 1 aromatic carbocycles. The average Bonchev–Trinajstić information content (AvgIpc) is 2.83. The largest absolute Gasteiger partial charge is 0.381 e. The summed E-state index contributed by atoms with van der Waals surface area (Å²) in [5.74, 6) is 0. The Morgan fingerprint density at radius 3 is 2.74 bits per heavy atom. The van der Waals surface area contributed by atoms with Gasteiger partial charge >= 0.3 is 0 Å². The minimum Gasteiger partial charge on any atom is -0.381 e. The van der Waals surface area contributed by atoms with Crippen molar-refractivity contribution in [2.75, 3.05) is 26.3 Å². The van der Waals surface area contributed by atoms with E-state index in [9.17, 15) is 0 Å². The lowest BCUT2D eigenvalue weighted by molar-refractivity contribution is 0.149. The highest BCUT2D eigenvalue weighted by atomic mass is 16.5. The first-order valence-electron chi connectivity index (χ1n) is 7.50. The Balaban J connectivity index is 2.05. The molecule has 2 nitrogen and oxygen atoms in total. The third kappa shape index (κ3) is 3.80. The molecule has 0 saturated carbocycles. The molecule has 19 heavy (non-hydrogen) atoms. The molecule has 2 heteroatoms. The van der Waals surface area contributed by atoms with E-state index in [0.717, 1.165) is 32.7 Å². The lowest BCUT2D eigenvalue weighted by atomic mass is 9.80. The fraction of sp³-hybridized carbons (Fsp3) is 0.647. The van der Waals surface area contributed by atoms with Crippen LogP contribution in [0.2, 0.25) is 0 Å². The van der Waals surface area contributed by atoms with E-state index in [4.69, 9.17) is 4.74 Å². The Hall–Kier alpha value is -0.860. The molecule has 1 heterocycles. The zero-order valence-corrected chi connectivity index (χ0v) is 12.6. The van der Waals surface area contributed by atoms with Crippen LogP contribution in [-0.4, -0.2) is 26.3 Å². The van der Waals surface area contributed by atoms with Gasteiger partial charge in [0, 0.05) is 18.6 Å². The lowest BCUT2D eigenvalue weighted by Gasteiger charge is -2.28. The second kappa shape index (κ2) is 6.53. The molecule has 0 spiro atoms. The van der Waals surface area contributed by atoms with Gasteiger partial charge in [0.1, 0.15) is 0 Å². The van der Waals surface area contributed by atoms with Crippen LogP contribution in [-0.2, 0) is 11.2 Å². The normalized spacial score (nSPS) is 22.9. The number of benzene rings is 1. The fourth-order valence-electron chi connectivity index (χ4n) is 2.87. The molecule has 0 amide bonds. The molecule has 2 rings (SSSR count). The first kappa shape index (κ1) is 14.5. The molecule has 1 fully saturated rings. The second-order valence-corrected chi connectivity index (χ2v) is 6.07. The van der Waals surface area contributed by atoms with E-state index in [0.29, 0.717) is 5.41 Å². The van der Waals surface area contributed by atoms with E-state index in [2.05, 4.69) is 44.3 Å². The smallest absolute Gasteiger partial charge is 0.0538 e. The Morgan fingerprint density at radius 1 is 1.26 bits per heavy atom. The van der Waals surface area contributed by atoms with Crippen LogP contribution in [0.15, 0.2) is 18.2 Å². The van der Waals surface area contributed by atoms with E-state index in [1.807, 2.05) is 0 Å². The standard InChI is InChI=1S/C17H27NO/c1-4-8-18-12-17(7-9-19-13-17)11-16-6-5-14(2)15(3)10-16/h5-6,10,18H,4,7-9,11-13H2,1-3H3. The van der Waals surface area contributed by atoms with Crippen LogP contribution in [0.25, 0.3) is 0 Å². The summed E-state index contributed by atoms with van der Waals surface area (Å²) >= 11 is 0. The topological polar surface area (TPSA) is 21.3 Å². The van der Waals surface area contributed by atoms with Crippen molar-refractivity contribution < 1.29 is 4.74 Å². The molecule has 1 aliphatic heterocycles. The number of nitrogens with one attached hydrogen (secondary N) is 1. The molecule has 1 aliphatic rings. The van der Waals surface area contributed by atoms with Crippen molar-refractivity contribution in [3.8, 4) is 0 Å². The Labute approximate surface area is 117 Å². The number of aryl methyl sites for hydroxylation is 2. The van der Waals surface area contributed by atoms with Gasteiger partial charge in [-0.3, -0.25) is 0 Å². The Morgan fingerprint density at radius 2 is 2.11 bits per heavy atom. The maximum Gasteiger partial charge on any atom is 0.0538 e. The van der Waals surface area contributed by atoms with Gasteiger partial charge in [-0.1, -0.05) is 25.1 Å². The summed E-state index contributed by atoms with van der Waals surface area (Å²) in [5, 5.41) is 3.58. The van der Waals surface area contributed by atoms with Crippen molar-refractivity contribution in [1.29, 1.82) is 0 Å². The first-order chi connectivity index (χ1) is 9.15. The summed E-state index contributed by atoms with van der Waals surface area (Å²) in [6, 6.07) is 6.87. The van der Waals surface area contributed by atoms with E-state index in [-0.39, 0.29) is 0 Å². The van der Waals surface area contributed by atoms with Crippen LogP contribution in [0.1, 0.15) is 36.5 Å². The molecular weight excluding hydrogens is 234 g/mol. The minimum atomic E-state index is 0.302. The second-order valence-electron chi connectivity index (χ2n) is 6.07. The summed E-state index contributed by atoms with van der Waals surface area (Å²) in [5.41, 5.74) is 4.53. The van der Waals surface area contributed by atoms with Crippen LogP contribution in [0.5, 0.6) is 0 Å². The molecular formula is C17H27NO. The maximum atomic E-state index is 5.68. The molecule has 0 radical (unpaired) electrons. The summed E-state index contributed by atoms with van der Waals surface area (Å²) in [7, 11) is 0. The number of ether oxygens (including phenoxy) is 1. The van der Waals surface area contributed by atoms with Gasteiger partial charge in [-0.05, 0) is 56.3 Å². The maximum absolute atomic E-state index is 5.68. The highest BCUT2D eigenvalue weighted by molar-refractivity contribution is 5.30. The van der Waals surface area contributed by atoms with Crippen molar-refractivity contribution in [2.45, 2.75) is 40.0 Å². The highest BCUT2D eigenvalue weighted by Gasteiger charge is 2.34. The first-order valence-corrected chi connectivity index (χ1v) is 7.50. The van der Waals surface area contributed by atoms with Crippen molar-refractivity contribution in [3.05, 3.63) is 34.9 Å². The molecule has 0 bridgehead atoms. The molecule has 1 aromatic rings. The molecule has 106 valence electrons. The van der Waals surface area contributed by atoms with Gasteiger partial charge in [-0.25, -0.2) is 0 Å². The quantitative estimate of drug-likeness (QED) is 0.794. The van der Waals surface area contributed by atoms with Gasteiger partial charge in [0.15, 0.2) is 0 Å². The molecule has 0 aromatic heterocycles. The van der Waals surface area contributed by atoms with Gasteiger partial charge < -0.3 is 10.1 Å². The van der Waals surface area contributed by atoms with Crippen molar-refractivity contribution >= 4 is 0 Å². The van der Waals surface area contributed by atoms with E-state index < -0.39 is 0 Å². The van der Waals surface area contributed by atoms with Gasteiger partial charge in [0.05, 0.1) is 6.61 Å². The summed E-state index contributed by atoms with van der Waals surface area (Å²) in [6.45, 7) is 10.6. The van der Waals surface area contributed by atoms with Crippen LogP contribution in [0.3, 0.4) is 0 Å². The number of rotatable bonds is 6. The zero-order valence-electron chi connectivity index (χ0n) is 12.6. The SMILES string of the molecule is CCCNCC1(Cc2ccc(C)c(C)c2)CCOC1. The Bertz CT molecular complexity index is 408. The van der Waals surface area contributed by atoms with Gasteiger partial charge in [0.2, 0.25) is 0 Å². The van der Waals surface area contributed by atoms with Gasteiger partial charge in [0.25, 0.3) is 0 Å². The highest BCUT2D eigenvalue weighted by Crippen LogP contribution is 2.32. The summed E-state index contributed by atoms with van der Waals surface area (Å²) < 4.78 is 5.68. The number of hydrogen-bond donors (Lipinski definition) is 1. The van der Waals surface area contributed by atoms with Crippen molar-refractivity contribution in [1.82, 2.24) is 5.32 Å². The monoisotopic (exact) mass is 261 g/mol. The summed E-state index contributed by atoms with van der Waals surface area (Å²) in [4.78, 5) is 0. The van der Waals surface area contributed by atoms with E-state index in [1.54, 1.807) is 0 Å². The van der Waals surface area contributed by atoms with Crippen LogP contribution < -0.4 is 5.32 Å². The van der Waals surface area contributed by atoms with E-state index in [1.165, 1.54) is 29.5 Å². The van der Waals surface area contributed by atoms with Gasteiger partial charge in [-0.2, -0.15) is 0 Å². The molecule has 0 aliphatic carbocycles. The summed E-state index contributed by atoms with van der Waals surface area (Å²) in [6.07, 6.45) is 3.50. The zero-order chi connectivity index (χ0) is 13.7. The lowest BCUT2D eigenvalue weighted by Crippen LogP contribution is -2.37. The third-order valence-corrected chi connectivity index (χ3v) is 4.26. The Kier molecular flexibility index (Phi) is 5.00. The molecule has 1 saturated heterocycles. The molecule has 1 N–H and O–H groups in total. The minimum absolute atomic E-state index is 0.302. The average molecular weight is 261 g/mol. The number of hydrogen-bond acceptors (Lipinski definition) is 2. The van der Waals surface area contributed by atoms with Crippen LogP contribution in [0, 0.1) is 19.3 Å². The predicted molar refractivity (Wildman–Crippen MR) is 80.6 cm³/mol. The van der Waals surface area contributed by atoms with Gasteiger partial charge in [-0.15, -0.1) is 0 Å². The van der Waals surface area contributed by atoms with Crippen LogP contribution in [0.4, 0.5) is 0 Å². The van der Waals surface area contributed by atoms with Crippen LogP contribution >= 0.6 is 0 Å². The molecule has 1 unspecified atom stereocenters. The van der Waals surface area contributed by atoms with Crippen molar-refractivity contribution in [2.24, 2.45) is 5.41 Å². The van der Waals surface area contributed by atoms with Crippen molar-refractivity contribution in [3.63, 3.8) is 0 Å².